The zero-order valence-corrected chi connectivity index (χ0v) is 20.4. The molecule has 9 heteroatoms. The summed E-state index contributed by atoms with van der Waals surface area (Å²) in [7, 11) is -1.74. The van der Waals surface area contributed by atoms with Crippen molar-refractivity contribution in [3.05, 3.63) is 71.3 Å². The second kappa shape index (κ2) is 10.2. The summed E-state index contributed by atoms with van der Waals surface area (Å²) in [4.78, 5) is 17.2. The number of amides is 1. The lowest BCUT2D eigenvalue weighted by atomic mass is 10.1. The maximum Gasteiger partial charge on any atom is 0.255 e. The molecule has 176 valence electrons. The van der Waals surface area contributed by atoms with Crippen LogP contribution in [0.2, 0.25) is 0 Å². The molecule has 0 radical (unpaired) electrons. The van der Waals surface area contributed by atoms with E-state index in [2.05, 4.69) is 10.3 Å². The number of benzene rings is 2. The monoisotopic (exact) mass is 470 g/mol. The third-order valence-electron chi connectivity index (χ3n) is 5.64. The number of carbonyl (C=O) groups excluding carboxylic acids is 1. The summed E-state index contributed by atoms with van der Waals surface area (Å²) < 4.78 is 34.9. The van der Waals surface area contributed by atoms with Crippen LogP contribution in [0.25, 0.3) is 0 Å². The smallest absolute Gasteiger partial charge is 0.255 e. The number of nitrogens with zero attached hydrogens (tertiary/aromatic N) is 3. The summed E-state index contributed by atoms with van der Waals surface area (Å²) in [6.45, 7) is 8.36. The van der Waals surface area contributed by atoms with Gasteiger partial charge in [0.15, 0.2) is 0 Å². The Balaban J connectivity index is 1.77. The molecule has 0 aliphatic rings. The SMILES string of the molecule is CCN(CC)S(=O)(=O)c1cc(C)c(C)c(NC(=O)c2ccc(OCc3nccn3C)cc2)c1. The normalized spacial score (nSPS) is 11.6. The molecule has 33 heavy (non-hydrogen) atoms. The Morgan fingerprint density at radius 3 is 2.36 bits per heavy atom. The quantitative estimate of drug-likeness (QED) is 0.512. The Hall–Kier alpha value is -3.17. The summed E-state index contributed by atoms with van der Waals surface area (Å²) in [5.41, 5.74) is 2.52. The first-order valence-corrected chi connectivity index (χ1v) is 12.2. The number of imidazole rings is 1. The molecule has 0 atom stereocenters. The highest BCUT2D eigenvalue weighted by Gasteiger charge is 2.23. The molecule has 0 aliphatic carbocycles. The van der Waals surface area contributed by atoms with Gasteiger partial charge in [-0.25, -0.2) is 13.4 Å². The van der Waals surface area contributed by atoms with Crippen LogP contribution in [0.5, 0.6) is 5.75 Å². The average molecular weight is 471 g/mol. The highest BCUT2D eigenvalue weighted by Crippen LogP contribution is 2.27. The van der Waals surface area contributed by atoms with Crippen LogP contribution in [0.15, 0.2) is 53.7 Å². The molecule has 0 saturated heterocycles. The van der Waals surface area contributed by atoms with Crippen molar-refractivity contribution in [2.75, 3.05) is 18.4 Å². The van der Waals surface area contributed by atoms with Gasteiger partial charge in [-0.2, -0.15) is 4.31 Å². The first kappa shape index (κ1) is 24.5. The summed E-state index contributed by atoms with van der Waals surface area (Å²) in [6, 6.07) is 9.95. The minimum absolute atomic E-state index is 0.169. The predicted molar refractivity (Wildman–Crippen MR) is 128 cm³/mol. The molecule has 0 fully saturated rings. The molecule has 8 nitrogen and oxygen atoms in total. The topological polar surface area (TPSA) is 93.5 Å². The third kappa shape index (κ3) is 5.43. The van der Waals surface area contributed by atoms with Crippen molar-refractivity contribution in [3.8, 4) is 5.75 Å². The molecule has 3 rings (SSSR count). The minimum Gasteiger partial charge on any atom is -0.486 e. The van der Waals surface area contributed by atoms with Crippen molar-refractivity contribution in [3.63, 3.8) is 0 Å². The number of ether oxygens (including phenoxy) is 1. The van der Waals surface area contributed by atoms with Gasteiger partial charge in [0.05, 0.1) is 4.90 Å². The van der Waals surface area contributed by atoms with E-state index in [1.807, 2.05) is 31.7 Å². The van der Waals surface area contributed by atoms with Gasteiger partial charge in [-0.1, -0.05) is 13.8 Å². The molecule has 1 N–H and O–H groups in total. The van der Waals surface area contributed by atoms with Crippen molar-refractivity contribution in [1.29, 1.82) is 0 Å². The lowest BCUT2D eigenvalue weighted by Crippen LogP contribution is -2.30. The van der Waals surface area contributed by atoms with Crippen LogP contribution in [0.1, 0.15) is 41.2 Å². The van der Waals surface area contributed by atoms with Gasteiger partial charge in [0.25, 0.3) is 5.91 Å². The van der Waals surface area contributed by atoms with Gasteiger partial charge in [0, 0.05) is 43.8 Å². The lowest BCUT2D eigenvalue weighted by Gasteiger charge is -2.20. The van der Waals surface area contributed by atoms with E-state index in [-0.39, 0.29) is 10.8 Å². The Morgan fingerprint density at radius 1 is 1.12 bits per heavy atom. The maximum atomic E-state index is 13.0. The molecule has 0 spiro atoms. The first-order valence-electron chi connectivity index (χ1n) is 10.8. The van der Waals surface area contributed by atoms with E-state index in [0.717, 1.165) is 17.0 Å². The minimum atomic E-state index is -3.64. The van der Waals surface area contributed by atoms with E-state index in [1.54, 1.807) is 50.4 Å². The fourth-order valence-electron chi connectivity index (χ4n) is 3.40. The maximum absolute atomic E-state index is 13.0. The van der Waals surface area contributed by atoms with Crippen LogP contribution in [0, 0.1) is 13.8 Å². The molecule has 0 aliphatic heterocycles. The highest BCUT2D eigenvalue weighted by atomic mass is 32.2. The van der Waals surface area contributed by atoms with E-state index >= 15 is 0 Å². The Bertz CT molecular complexity index is 1230. The molecular formula is C24H30N4O4S. The molecule has 0 bridgehead atoms. The van der Waals surface area contributed by atoms with E-state index in [4.69, 9.17) is 4.74 Å². The van der Waals surface area contributed by atoms with Crippen LogP contribution >= 0.6 is 0 Å². The van der Waals surface area contributed by atoms with Crippen molar-refractivity contribution >= 4 is 21.6 Å². The Morgan fingerprint density at radius 2 is 1.79 bits per heavy atom. The number of hydrogen-bond acceptors (Lipinski definition) is 5. The zero-order valence-electron chi connectivity index (χ0n) is 19.6. The van der Waals surface area contributed by atoms with Crippen LogP contribution in [-0.4, -0.2) is 41.3 Å². The zero-order chi connectivity index (χ0) is 24.2. The second-order valence-corrected chi connectivity index (χ2v) is 9.66. The number of nitrogens with one attached hydrogen (secondary N) is 1. The molecule has 1 amide bonds. The number of anilines is 1. The van der Waals surface area contributed by atoms with Gasteiger partial charge in [-0.3, -0.25) is 4.79 Å². The van der Waals surface area contributed by atoms with E-state index in [9.17, 15) is 13.2 Å². The van der Waals surface area contributed by atoms with Crippen LogP contribution in [0.3, 0.4) is 0 Å². The Labute approximate surface area is 195 Å². The summed E-state index contributed by atoms with van der Waals surface area (Å²) in [5, 5.41) is 2.86. The van der Waals surface area contributed by atoms with Crippen LogP contribution in [0.4, 0.5) is 5.69 Å². The number of sulfonamides is 1. The lowest BCUT2D eigenvalue weighted by molar-refractivity contribution is 0.102. The third-order valence-corrected chi connectivity index (χ3v) is 7.67. The van der Waals surface area contributed by atoms with Crippen LogP contribution < -0.4 is 10.1 Å². The fraction of sp³-hybridized carbons (Fsp3) is 0.333. The van der Waals surface area contributed by atoms with E-state index < -0.39 is 10.0 Å². The highest BCUT2D eigenvalue weighted by molar-refractivity contribution is 7.89. The number of aromatic nitrogens is 2. The summed E-state index contributed by atoms with van der Waals surface area (Å²) in [5.74, 6) is 1.08. The van der Waals surface area contributed by atoms with Gasteiger partial charge >= 0.3 is 0 Å². The van der Waals surface area contributed by atoms with Crippen molar-refractivity contribution in [2.24, 2.45) is 7.05 Å². The Kier molecular flexibility index (Phi) is 7.55. The second-order valence-electron chi connectivity index (χ2n) is 7.72. The average Bonchev–Trinajstić information content (AvgIpc) is 3.20. The van der Waals surface area contributed by atoms with Gasteiger partial charge < -0.3 is 14.6 Å². The van der Waals surface area contributed by atoms with Crippen molar-refractivity contribution in [1.82, 2.24) is 13.9 Å². The van der Waals surface area contributed by atoms with Gasteiger partial charge in [0.2, 0.25) is 10.0 Å². The fourth-order valence-corrected chi connectivity index (χ4v) is 4.97. The molecule has 1 aromatic heterocycles. The van der Waals surface area contributed by atoms with Crippen LogP contribution in [-0.2, 0) is 23.7 Å². The van der Waals surface area contributed by atoms with Gasteiger partial charge in [-0.15, -0.1) is 0 Å². The summed E-state index contributed by atoms with van der Waals surface area (Å²) >= 11 is 0. The predicted octanol–water partition coefficient (Wildman–Crippen LogP) is 3.90. The largest absolute Gasteiger partial charge is 0.486 e. The molecule has 0 unspecified atom stereocenters. The number of carbonyl (C=O) groups is 1. The standard InChI is InChI=1S/C24H30N4O4S/c1-6-28(7-2)33(30,31)21-14-17(3)18(4)22(15-21)26-24(29)19-8-10-20(11-9-19)32-16-23-25-12-13-27(23)5/h8-15H,6-7,16H2,1-5H3,(H,26,29). The van der Waals surface area contributed by atoms with Gasteiger partial charge in [0.1, 0.15) is 18.2 Å². The molecule has 1 heterocycles. The molecular weight excluding hydrogens is 440 g/mol. The van der Waals surface area contributed by atoms with E-state index in [1.165, 1.54) is 10.4 Å². The number of rotatable bonds is 9. The molecule has 2 aromatic carbocycles. The summed E-state index contributed by atoms with van der Waals surface area (Å²) in [6.07, 6.45) is 3.55. The van der Waals surface area contributed by atoms with E-state index in [0.29, 0.717) is 36.7 Å². The molecule has 0 saturated carbocycles. The first-order chi connectivity index (χ1) is 15.7. The van der Waals surface area contributed by atoms with Crippen molar-refractivity contribution < 1.29 is 17.9 Å². The number of aryl methyl sites for hydroxylation is 2. The van der Waals surface area contributed by atoms with Gasteiger partial charge in [-0.05, 0) is 61.4 Å². The number of hydrogen-bond donors (Lipinski definition) is 1. The van der Waals surface area contributed by atoms with Crippen molar-refractivity contribution in [2.45, 2.75) is 39.2 Å². The molecule has 3 aromatic rings.